The van der Waals surface area contributed by atoms with Crippen molar-refractivity contribution in [3.05, 3.63) is 58.9 Å². The van der Waals surface area contributed by atoms with Crippen LogP contribution in [0.1, 0.15) is 42.1 Å². The van der Waals surface area contributed by atoms with E-state index in [-0.39, 0.29) is 47.9 Å². The van der Waals surface area contributed by atoms with E-state index >= 15 is 0 Å². The molecule has 1 saturated heterocycles. The predicted molar refractivity (Wildman–Crippen MR) is 119 cm³/mol. The largest absolute Gasteiger partial charge is 0.328 e. The minimum atomic E-state index is -0.507. The van der Waals surface area contributed by atoms with Crippen molar-refractivity contribution in [2.45, 2.75) is 51.2 Å². The lowest BCUT2D eigenvalue weighted by Crippen LogP contribution is -2.44. The number of ketones is 2. The van der Waals surface area contributed by atoms with Gasteiger partial charge in [0.25, 0.3) is 0 Å². The molecule has 5 rings (SSSR count). The lowest BCUT2D eigenvalue weighted by Gasteiger charge is -2.27. The summed E-state index contributed by atoms with van der Waals surface area (Å²) in [6.45, 7) is 1.44. The Kier molecular flexibility index (Phi) is 5.48. The third kappa shape index (κ3) is 3.93. The van der Waals surface area contributed by atoms with Gasteiger partial charge in [0.2, 0.25) is 5.91 Å². The minimum absolute atomic E-state index is 0.0171. The average Bonchev–Trinajstić information content (AvgIpc) is 3.30. The molecule has 0 N–H and O–H groups in total. The van der Waals surface area contributed by atoms with Crippen molar-refractivity contribution in [1.82, 2.24) is 19.4 Å². The lowest BCUT2D eigenvalue weighted by atomic mass is 10.00. The van der Waals surface area contributed by atoms with Gasteiger partial charge in [-0.05, 0) is 43.7 Å². The number of nitrogens with zero attached hydrogens (tertiary/aromatic N) is 4. The molecule has 1 aliphatic heterocycles. The van der Waals surface area contributed by atoms with Crippen LogP contribution in [0.5, 0.6) is 0 Å². The second-order valence-electron chi connectivity index (χ2n) is 8.78. The molecule has 33 heavy (non-hydrogen) atoms. The average molecular weight is 469 g/mol. The number of hydrogen-bond acceptors (Lipinski definition) is 5. The van der Waals surface area contributed by atoms with E-state index in [0.717, 1.165) is 6.42 Å². The van der Waals surface area contributed by atoms with Crippen molar-refractivity contribution >= 4 is 40.1 Å². The van der Waals surface area contributed by atoms with Gasteiger partial charge in [-0.2, -0.15) is 0 Å². The van der Waals surface area contributed by atoms with Crippen LogP contribution in [-0.2, 0) is 22.6 Å². The predicted octanol–water partition coefficient (Wildman–Crippen LogP) is 3.62. The molecular weight excluding hydrogens is 447 g/mol. The Hall–Kier alpha value is -3.13. The molecule has 3 atom stereocenters. The number of carbonyl (C=O) groups excluding carboxylic acids is 3. The number of benzene rings is 1. The lowest BCUT2D eigenvalue weighted by molar-refractivity contribution is -0.139. The van der Waals surface area contributed by atoms with Crippen molar-refractivity contribution < 1.29 is 18.8 Å². The Labute approximate surface area is 194 Å². The molecule has 0 spiro atoms. The molecule has 0 bridgehead atoms. The molecule has 1 saturated carbocycles. The zero-order valence-corrected chi connectivity index (χ0v) is 18.8. The number of aromatic nitrogens is 3. The number of halogens is 2. The number of aryl methyl sites for hydroxylation is 1. The summed E-state index contributed by atoms with van der Waals surface area (Å²) < 4.78 is 15.8. The highest BCUT2D eigenvalue weighted by molar-refractivity contribution is 6.30. The van der Waals surface area contributed by atoms with E-state index in [0.29, 0.717) is 34.5 Å². The maximum absolute atomic E-state index is 14.2. The molecule has 0 unspecified atom stereocenters. The van der Waals surface area contributed by atoms with E-state index in [1.165, 1.54) is 19.3 Å². The number of likely N-dealkylation sites (tertiary alicyclic amines) is 1. The second kappa shape index (κ2) is 8.33. The highest BCUT2D eigenvalue weighted by Crippen LogP contribution is 2.48. The number of amides is 1. The molecule has 2 aromatic heterocycles. The number of fused-ring (bicyclic) bond motifs is 2. The second-order valence-corrected chi connectivity index (χ2v) is 9.19. The van der Waals surface area contributed by atoms with Crippen LogP contribution >= 0.6 is 11.6 Å². The van der Waals surface area contributed by atoms with E-state index in [2.05, 4.69) is 9.97 Å². The van der Waals surface area contributed by atoms with Crippen molar-refractivity contribution in [2.75, 3.05) is 0 Å². The minimum Gasteiger partial charge on any atom is -0.328 e. The fourth-order valence-electron chi connectivity index (χ4n) is 4.93. The Morgan fingerprint density at radius 3 is 2.85 bits per heavy atom. The van der Waals surface area contributed by atoms with Crippen LogP contribution < -0.4 is 0 Å². The van der Waals surface area contributed by atoms with Crippen LogP contribution in [0.4, 0.5) is 4.39 Å². The van der Waals surface area contributed by atoms with Crippen molar-refractivity contribution in [2.24, 2.45) is 5.92 Å². The highest BCUT2D eigenvalue weighted by Gasteiger charge is 2.55. The van der Waals surface area contributed by atoms with Gasteiger partial charge in [-0.3, -0.25) is 14.4 Å². The zero-order chi connectivity index (χ0) is 23.3. The van der Waals surface area contributed by atoms with Crippen LogP contribution in [-0.4, -0.2) is 49.0 Å². The molecule has 1 amide bonds. The fourth-order valence-corrected chi connectivity index (χ4v) is 5.12. The molecule has 9 heteroatoms. The summed E-state index contributed by atoms with van der Waals surface area (Å²) >= 11 is 5.84. The summed E-state index contributed by atoms with van der Waals surface area (Å²) in [7, 11) is 0. The summed E-state index contributed by atoms with van der Waals surface area (Å²) in [6.07, 6.45) is 6.47. The maximum Gasteiger partial charge on any atom is 0.243 e. The van der Waals surface area contributed by atoms with Gasteiger partial charge in [0.05, 0.1) is 11.1 Å². The monoisotopic (exact) mass is 468 g/mol. The summed E-state index contributed by atoms with van der Waals surface area (Å²) in [6, 6.07) is 4.31. The molecule has 2 fully saturated rings. The van der Waals surface area contributed by atoms with E-state index in [1.807, 2.05) is 0 Å². The first-order valence-corrected chi connectivity index (χ1v) is 11.3. The van der Waals surface area contributed by atoms with Crippen LogP contribution in [0.2, 0.25) is 5.02 Å². The highest BCUT2D eigenvalue weighted by atomic mass is 35.5. The van der Waals surface area contributed by atoms with E-state index in [9.17, 15) is 18.8 Å². The Bertz CT molecular complexity index is 1290. The molecule has 0 radical (unpaired) electrons. The summed E-state index contributed by atoms with van der Waals surface area (Å²) in [5, 5.41) is 0.631. The first-order chi connectivity index (χ1) is 15.8. The van der Waals surface area contributed by atoms with Crippen molar-refractivity contribution in [1.29, 1.82) is 0 Å². The normalized spacial score (nSPS) is 21.3. The van der Waals surface area contributed by atoms with Crippen LogP contribution in [0, 0.1) is 11.7 Å². The first kappa shape index (κ1) is 21.7. The Morgan fingerprint density at radius 1 is 1.24 bits per heavy atom. The Balaban J connectivity index is 1.33. The molecule has 3 heterocycles. The smallest absolute Gasteiger partial charge is 0.243 e. The summed E-state index contributed by atoms with van der Waals surface area (Å²) in [4.78, 5) is 48.3. The standard InChI is InChI=1S/C24H22ClFN4O3/c1-13(31)17-10-29(24-16(17)9-27-12-28-24)11-22(33)30-19-7-15(19)8-20(30)21(32)6-5-14-3-2-4-18(25)23(14)26/h2-4,9-10,12,15,19-20H,5-8,11H2,1H3/t15-,19-,20+/m1/s1. The molecule has 1 aliphatic carbocycles. The van der Waals surface area contributed by atoms with Crippen LogP contribution in [0.25, 0.3) is 11.0 Å². The van der Waals surface area contributed by atoms with E-state index in [1.54, 1.807) is 34.0 Å². The van der Waals surface area contributed by atoms with Gasteiger partial charge in [0.15, 0.2) is 11.6 Å². The first-order valence-electron chi connectivity index (χ1n) is 10.9. The van der Waals surface area contributed by atoms with E-state index < -0.39 is 11.9 Å². The maximum atomic E-state index is 14.2. The molecule has 3 aromatic rings. The van der Waals surface area contributed by atoms with Crippen LogP contribution in [0.3, 0.4) is 0 Å². The van der Waals surface area contributed by atoms with Crippen molar-refractivity contribution in [3.63, 3.8) is 0 Å². The van der Waals surface area contributed by atoms with Crippen molar-refractivity contribution in [3.8, 4) is 0 Å². The number of rotatable bonds is 7. The molecular formula is C24H22ClFN4O3. The molecule has 7 nitrogen and oxygen atoms in total. The van der Waals surface area contributed by atoms with Crippen LogP contribution in [0.15, 0.2) is 36.9 Å². The van der Waals surface area contributed by atoms with Gasteiger partial charge in [-0.25, -0.2) is 14.4 Å². The third-order valence-electron chi connectivity index (χ3n) is 6.66. The summed E-state index contributed by atoms with van der Waals surface area (Å²) in [5.41, 5.74) is 1.36. The van der Waals surface area contributed by atoms with Gasteiger partial charge in [0, 0.05) is 35.8 Å². The molecule has 170 valence electrons. The SMILES string of the molecule is CC(=O)c1cn(CC(=O)N2[C@@H]3C[C@@H]3C[C@H]2C(=O)CCc2cccc(Cl)c2F)c2ncncc12. The topological polar surface area (TPSA) is 85.2 Å². The number of hydrogen-bond donors (Lipinski definition) is 0. The third-order valence-corrected chi connectivity index (χ3v) is 6.95. The molecule has 1 aromatic carbocycles. The quantitative estimate of drug-likeness (QED) is 0.494. The number of piperidine rings is 1. The van der Waals surface area contributed by atoms with Gasteiger partial charge < -0.3 is 9.47 Å². The Morgan fingerprint density at radius 2 is 2.06 bits per heavy atom. The van der Waals surface area contributed by atoms with Gasteiger partial charge in [-0.15, -0.1) is 0 Å². The van der Waals surface area contributed by atoms with Gasteiger partial charge >= 0.3 is 0 Å². The molecule has 2 aliphatic rings. The fraction of sp³-hybridized carbons (Fsp3) is 0.375. The number of Topliss-reactive ketones (excluding diaryl/α,β-unsaturated/α-hetero) is 2. The zero-order valence-electron chi connectivity index (χ0n) is 18.0. The number of carbonyl (C=O) groups is 3. The summed E-state index contributed by atoms with van der Waals surface area (Å²) in [5.74, 6) is -0.554. The van der Waals surface area contributed by atoms with E-state index in [4.69, 9.17) is 11.6 Å². The van der Waals surface area contributed by atoms with Gasteiger partial charge in [0.1, 0.15) is 24.3 Å². The van der Waals surface area contributed by atoms with Gasteiger partial charge in [-0.1, -0.05) is 23.7 Å².